The van der Waals surface area contributed by atoms with Crippen LogP contribution in [0.15, 0.2) is 18.3 Å². The van der Waals surface area contributed by atoms with Crippen LogP contribution in [0.1, 0.15) is 26.3 Å². The lowest BCUT2D eigenvalue weighted by Gasteiger charge is -2.34. The maximum Gasteiger partial charge on any atom is 0.431 e. The molecule has 8 nitrogen and oxygen atoms in total. The number of piperazine rings is 1. The number of hydroxylamine groups is 1. The first-order valence-corrected chi connectivity index (χ1v) is 8.62. The van der Waals surface area contributed by atoms with E-state index in [2.05, 4.69) is 10.5 Å². The van der Waals surface area contributed by atoms with Gasteiger partial charge in [-0.25, -0.2) is 9.78 Å². The molecule has 0 radical (unpaired) electrons. The summed E-state index contributed by atoms with van der Waals surface area (Å²) < 4.78 is 42.8. The van der Waals surface area contributed by atoms with Crippen molar-refractivity contribution >= 4 is 17.8 Å². The first kappa shape index (κ1) is 21.7. The van der Waals surface area contributed by atoms with Crippen LogP contribution in [0, 0.1) is 0 Å². The second-order valence-corrected chi connectivity index (χ2v) is 7.16. The molecule has 0 aromatic carbocycles. The summed E-state index contributed by atoms with van der Waals surface area (Å²) in [6.07, 6.45) is -4.42. The highest BCUT2D eigenvalue weighted by molar-refractivity contribution is 5.82. The van der Waals surface area contributed by atoms with E-state index in [-0.39, 0.29) is 25.6 Å². The first-order chi connectivity index (χ1) is 13.0. The van der Waals surface area contributed by atoms with Crippen LogP contribution in [0.25, 0.3) is 0 Å². The van der Waals surface area contributed by atoms with Crippen LogP contribution in [-0.4, -0.2) is 60.3 Å². The van der Waals surface area contributed by atoms with E-state index in [0.717, 1.165) is 12.3 Å². The zero-order valence-electron chi connectivity index (χ0n) is 15.9. The molecule has 11 heteroatoms. The van der Waals surface area contributed by atoms with E-state index in [1.54, 1.807) is 25.7 Å². The zero-order chi connectivity index (χ0) is 20.9. The molecule has 1 aliphatic heterocycles. The fraction of sp³-hybridized carbons (Fsp3) is 0.588. The summed E-state index contributed by atoms with van der Waals surface area (Å²) in [5.41, 5.74) is 0.650. The molecule has 1 saturated heterocycles. The highest BCUT2D eigenvalue weighted by Crippen LogP contribution is 2.29. The van der Waals surface area contributed by atoms with Gasteiger partial charge in [0.05, 0.1) is 18.7 Å². The summed E-state index contributed by atoms with van der Waals surface area (Å²) >= 11 is 0. The molecular weight excluding hydrogens is 381 g/mol. The minimum Gasteiger partial charge on any atom is -0.442 e. The van der Waals surface area contributed by atoms with Crippen LogP contribution < -0.4 is 10.4 Å². The molecule has 1 aromatic heterocycles. The van der Waals surface area contributed by atoms with E-state index >= 15 is 0 Å². The Bertz CT molecular complexity index is 689. The zero-order valence-corrected chi connectivity index (χ0v) is 15.9. The Hall–Kier alpha value is -2.56. The Kier molecular flexibility index (Phi) is 6.70. The van der Waals surface area contributed by atoms with Gasteiger partial charge in [-0.3, -0.25) is 9.63 Å². The van der Waals surface area contributed by atoms with Crippen molar-refractivity contribution in [1.82, 2.24) is 15.4 Å². The van der Waals surface area contributed by atoms with Gasteiger partial charge in [-0.15, -0.1) is 0 Å². The van der Waals surface area contributed by atoms with Crippen molar-refractivity contribution < 1.29 is 32.3 Å². The van der Waals surface area contributed by atoms with Crippen molar-refractivity contribution in [2.75, 3.05) is 37.7 Å². The molecule has 0 spiro atoms. The Morgan fingerprint density at radius 2 is 1.96 bits per heavy atom. The number of hydrogen-bond donors (Lipinski definition) is 1. The average Bonchev–Trinajstić information content (AvgIpc) is 2.57. The molecule has 2 rings (SSSR count). The van der Waals surface area contributed by atoms with Crippen LogP contribution in [0.5, 0.6) is 0 Å². The van der Waals surface area contributed by atoms with Gasteiger partial charge in [-0.2, -0.15) is 18.7 Å². The molecule has 0 aliphatic carbocycles. The smallest absolute Gasteiger partial charge is 0.431 e. The maximum atomic E-state index is 12.6. The maximum absolute atomic E-state index is 12.6. The van der Waals surface area contributed by atoms with E-state index in [9.17, 15) is 22.8 Å². The number of nitrogens with one attached hydrogen (secondary N) is 1. The molecule has 0 atom stereocenters. The summed E-state index contributed by atoms with van der Waals surface area (Å²) in [5, 5.41) is 0. The second-order valence-electron chi connectivity index (χ2n) is 7.16. The highest BCUT2D eigenvalue weighted by Gasteiger charge is 2.31. The van der Waals surface area contributed by atoms with Gasteiger partial charge >= 0.3 is 12.3 Å². The molecule has 0 unspecified atom stereocenters. The number of anilines is 1. The Morgan fingerprint density at radius 1 is 1.25 bits per heavy atom. The third kappa shape index (κ3) is 6.55. The summed E-state index contributed by atoms with van der Waals surface area (Å²) in [7, 11) is 0. The number of amides is 2. The monoisotopic (exact) mass is 404 g/mol. The number of carbonyl (C=O) groups excluding carboxylic acids is 2. The summed E-state index contributed by atoms with van der Waals surface area (Å²) in [6, 6.07) is 2.19. The molecule has 28 heavy (non-hydrogen) atoms. The van der Waals surface area contributed by atoms with Crippen molar-refractivity contribution in [3.63, 3.8) is 0 Å². The summed E-state index contributed by atoms with van der Waals surface area (Å²) in [6.45, 7) is 6.26. The van der Waals surface area contributed by atoms with Crippen molar-refractivity contribution in [2.45, 2.75) is 32.5 Å². The molecular formula is C17H23F3N4O4. The van der Waals surface area contributed by atoms with E-state index in [0.29, 0.717) is 18.9 Å². The summed E-state index contributed by atoms with van der Waals surface area (Å²) in [4.78, 5) is 35.6. The largest absolute Gasteiger partial charge is 0.442 e. The van der Waals surface area contributed by atoms with E-state index < -0.39 is 23.4 Å². The van der Waals surface area contributed by atoms with Crippen molar-refractivity contribution in [3.8, 4) is 0 Å². The van der Waals surface area contributed by atoms with Gasteiger partial charge in [-0.05, 0) is 32.9 Å². The molecule has 1 aromatic rings. The predicted molar refractivity (Wildman–Crippen MR) is 93.4 cm³/mol. The van der Waals surface area contributed by atoms with Gasteiger partial charge < -0.3 is 14.5 Å². The number of aromatic nitrogens is 1. The Balaban J connectivity index is 1.76. The minimum atomic E-state index is -4.45. The second kappa shape index (κ2) is 8.63. The van der Waals surface area contributed by atoms with E-state index in [4.69, 9.17) is 9.57 Å². The van der Waals surface area contributed by atoms with Crippen LogP contribution in [0.4, 0.5) is 23.8 Å². The fourth-order valence-corrected chi connectivity index (χ4v) is 2.45. The third-order valence-corrected chi connectivity index (χ3v) is 3.74. The molecule has 156 valence electrons. The van der Waals surface area contributed by atoms with Crippen molar-refractivity contribution in [1.29, 1.82) is 0 Å². The lowest BCUT2D eigenvalue weighted by Crippen LogP contribution is -2.51. The first-order valence-electron chi connectivity index (χ1n) is 8.62. The van der Waals surface area contributed by atoms with Gasteiger partial charge in [0.1, 0.15) is 11.4 Å². The lowest BCUT2D eigenvalue weighted by atomic mass is 10.2. The average molecular weight is 404 g/mol. The standard InChI is InChI=1S/C17H23F3N4O4/c1-16(2,3)28-15(26)22-27-9-8-23-6-7-24(11-14(23)25)13-5-4-12(10-21-13)17(18,19)20/h4-5,10H,6-9,11H2,1-3H3,(H,22,26). The lowest BCUT2D eigenvalue weighted by molar-refractivity contribution is -0.138. The molecule has 0 saturated carbocycles. The van der Waals surface area contributed by atoms with Gasteiger partial charge in [-0.1, -0.05) is 0 Å². The van der Waals surface area contributed by atoms with Crippen LogP contribution in [0.2, 0.25) is 0 Å². The molecule has 1 aliphatic rings. The van der Waals surface area contributed by atoms with Crippen LogP contribution in [0.3, 0.4) is 0 Å². The number of carbonyl (C=O) groups is 2. The van der Waals surface area contributed by atoms with Gasteiger partial charge in [0.2, 0.25) is 5.91 Å². The SMILES string of the molecule is CC(C)(C)OC(=O)NOCCN1CCN(c2ccc(C(F)(F)F)cn2)CC1=O. The highest BCUT2D eigenvalue weighted by atomic mass is 19.4. The predicted octanol–water partition coefficient (Wildman–Crippen LogP) is 2.21. The molecule has 2 heterocycles. The third-order valence-electron chi connectivity index (χ3n) is 3.74. The van der Waals surface area contributed by atoms with Gasteiger partial charge in [0, 0.05) is 25.8 Å². The quantitative estimate of drug-likeness (QED) is 0.599. The number of alkyl halides is 3. The Morgan fingerprint density at radius 3 is 2.50 bits per heavy atom. The fourth-order valence-electron chi connectivity index (χ4n) is 2.45. The van der Waals surface area contributed by atoms with Crippen LogP contribution >= 0.6 is 0 Å². The number of pyridine rings is 1. The molecule has 0 bridgehead atoms. The van der Waals surface area contributed by atoms with Crippen molar-refractivity contribution in [2.24, 2.45) is 0 Å². The Labute approximate surface area is 160 Å². The number of nitrogens with zero attached hydrogens (tertiary/aromatic N) is 3. The summed E-state index contributed by atoms with van der Waals surface area (Å²) in [5.74, 6) is 0.0951. The molecule has 1 N–H and O–H groups in total. The number of halogens is 3. The van der Waals surface area contributed by atoms with Crippen LogP contribution in [-0.2, 0) is 20.5 Å². The normalized spacial score (nSPS) is 15.6. The molecule has 1 fully saturated rings. The van der Waals surface area contributed by atoms with E-state index in [1.165, 1.54) is 11.0 Å². The van der Waals surface area contributed by atoms with E-state index in [1.807, 2.05) is 0 Å². The number of hydrogen-bond acceptors (Lipinski definition) is 6. The number of ether oxygens (including phenoxy) is 1. The number of rotatable bonds is 5. The molecule has 2 amide bonds. The van der Waals surface area contributed by atoms with Crippen molar-refractivity contribution in [3.05, 3.63) is 23.9 Å². The minimum absolute atomic E-state index is 0.00212. The van der Waals surface area contributed by atoms with Gasteiger partial charge in [0.25, 0.3) is 0 Å². The van der Waals surface area contributed by atoms with Gasteiger partial charge in [0.15, 0.2) is 0 Å². The topological polar surface area (TPSA) is 84.0 Å².